The van der Waals surface area contributed by atoms with Gasteiger partial charge in [0.15, 0.2) is 0 Å². The lowest BCUT2D eigenvalue weighted by Gasteiger charge is -2.60. The third kappa shape index (κ3) is 1.18. The second kappa shape index (κ2) is 2.49. The second-order valence-corrected chi connectivity index (χ2v) is 5.53. The van der Waals surface area contributed by atoms with Crippen LogP contribution in [0.3, 0.4) is 0 Å². The summed E-state index contributed by atoms with van der Waals surface area (Å²) in [6, 6.07) is 0. The fourth-order valence-electron chi connectivity index (χ4n) is 2.37. The molecule has 1 aliphatic heterocycles. The predicted octanol–water partition coefficient (Wildman–Crippen LogP) is 2.19. The molecule has 0 aromatic carbocycles. The molecular formula is C11H19NO. The summed E-state index contributed by atoms with van der Waals surface area (Å²) >= 11 is 0. The van der Waals surface area contributed by atoms with Crippen LogP contribution in [0.15, 0.2) is 0 Å². The molecule has 0 atom stereocenters. The zero-order valence-corrected chi connectivity index (χ0v) is 8.89. The van der Waals surface area contributed by atoms with Crippen molar-refractivity contribution in [2.24, 2.45) is 5.41 Å². The molecule has 1 saturated heterocycles. The number of carbonyl (C=O) groups excluding carboxylic acids is 1. The lowest BCUT2D eigenvalue weighted by molar-refractivity contribution is -0.164. The van der Waals surface area contributed by atoms with Crippen LogP contribution >= 0.6 is 0 Å². The third-order valence-electron chi connectivity index (χ3n) is 3.54. The first kappa shape index (κ1) is 9.04. The molecule has 1 aliphatic carbocycles. The highest BCUT2D eigenvalue weighted by atomic mass is 16.2. The van der Waals surface area contributed by atoms with E-state index in [1.54, 1.807) is 0 Å². The Morgan fingerprint density at radius 1 is 1.23 bits per heavy atom. The highest BCUT2D eigenvalue weighted by molar-refractivity contribution is 5.83. The summed E-state index contributed by atoms with van der Waals surface area (Å²) in [5.74, 6) is 0.346. The van der Waals surface area contributed by atoms with Crippen LogP contribution in [0.2, 0.25) is 0 Å². The van der Waals surface area contributed by atoms with Crippen LogP contribution in [0.5, 0.6) is 0 Å². The summed E-state index contributed by atoms with van der Waals surface area (Å²) in [7, 11) is 0. The highest BCUT2D eigenvalue weighted by Crippen LogP contribution is 2.48. The van der Waals surface area contributed by atoms with Gasteiger partial charge in [0.25, 0.3) is 0 Å². The van der Waals surface area contributed by atoms with Crippen LogP contribution in [0.1, 0.15) is 46.5 Å². The minimum absolute atomic E-state index is 0.191. The van der Waals surface area contributed by atoms with Crippen molar-refractivity contribution in [3.05, 3.63) is 0 Å². The molecule has 0 bridgehead atoms. The summed E-state index contributed by atoms with van der Waals surface area (Å²) < 4.78 is 0. The van der Waals surface area contributed by atoms with Crippen molar-refractivity contribution >= 4 is 5.91 Å². The van der Waals surface area contributed by atoms with E-state index in [1.165, 1.54) is 25.7 Å². The lowest BCUT2D eigenvalue weighted by Crippen LogP contribution is -2.67. The smallest absolute Gasteiger partial charge is 0.228 e. The third-order valence-corrected chi connectivity index (χ3v) is 3.54. The summed E-state index contributed by atoms with van der Waals surface area (Å²) in [5.41, 5.74) is 0.132. The first-order valence-electron chi connectivity index (χ1n) is 5.28. The average molecular weight is 181 g/mol. The molecule has 74 valence electrons. The van der Waals surface area contributed by atoms with Gasteiger partial charge in [-0.2, -0.15) is 0 Å². The molecule has 0 N–H and O–H groups in total. The van der Waals surface area contributed by atoms with E-state index in [-0.39, 0.29) is 5.41 Å². The average Bonchev–Trinajstić information content (AvgIpc) is 1.78. The van der Waals surface area contributed by atoms with Crippen molar-refractivity contribution in [3.8, 4) is 0 Å². The van der Waals surface area contributed by atoms with Gasteiger partial charge in [0, 0.05) is 17.5 Å². The van der Waals surface area contributed by atoms with E-state index in [1.807, 2.05) is 20.8 Å². The first-order valence-corrected chi connectivity index (χ1v) is 5.28. The number of hydrogen-bond acceptors (Lipinski definition) is 1. The molecule has 0 radical (unpaired) electrons. The molecule has 1 saturated carbocycles. The van der Waals surface area contributed by atoms with E-state index in [9.17, 15) is 4.79 Å². The van der Waals surface area contributed by atoms with Crippen molar-refractivity contribution in [3.63, 3.8) is 0 Å². The molecule has 2 fully saturated rings. The van der Waals surface area contributed by atoms with E-state index in [2.05, 4.69) is 4.90 Å². The number of likely N-dealkylation sites (tertiary alicyclic amines) is 1. The normalized spacial score (nSPS) is 25.3. The predicted molar refractivity (Wildman–Crippen MR) is 52.4 cm³/mol. The van der Waals surface area contributed by atoms with Gasteiger partial charge in [0.2, 0.25) is 5.91 Å². The monoisotopic (exact) mass is 181 g/mol. The molecule has 0 unspecified atom stereocenters. The van der Waals surface area contributed by atoms with Crippen molar-refractivity contribution in [1.29, 1.82) is 0 Å². The second-order valence-electron chi connectivity index (χ2n) is 5.53. The number of nitrogens with zero attached hydrogens (tertiary/aromatic N) is 1. The van der Waals surface area contributed by atoms with Gasteiger partial charge in [0.05, 0.1) is 0 Å². The largest absolute Gasteiger partial charge is 0.336 e. The van der Waals surface area contributed by atoms with Crippen LogP contribution in [-0.4, -0.2) is 22.9 Å². The van der Waals surface area contributed by atoms with E-state index in [4.69, 9.17) is 0 Å². The van der Waals surface area contributed by atoms with Crippen LogP contribution in [0.25, 0.3) is 0 Å². The van der Waals surface area contributed by atoms with Crippen LogP contribution in [0.4, 0.5) is 0 Å². The summed E-state index contributed by atoms with van der Waals surface area (Å²) in [5, 5.41) is 0. The SMILES string of the molecule is CC(C)(C)C(=O)N1CCC12CCC2. The molecule has 2 rings (SSSR count). The van der Waals surface area contributed by atoms with Crippen LogP contribution in [-0.2, 0) is 4.79 Å². The Hall–Kier alpha value is -0.530. The molecule has 0 aromatic rings. The Kier molecular flexibility index (Phi) is 1.73. The molecular weight excluding hydrogens is 162 g/mol. The van der Waals surface area contributed by atoms with Crippen molar-refractivity contribution in [2.45, 2.75) is 52.0 Å². The fourth-order valence-corrected chi connectivity index (χ4v) is 2.37. The van der Waals surface area contributed by atoms with Gasteiger partial charge in [-0.15, -0.1) is 0 Å². The summed E-state index contributed by atoms with van der Waals surface area (Å²) in [4.78, 5) is 14.1. The molecule has 2 heteroatoms. The Labute approximate surface area is 80.3 Å². The molecule has 2 nitrogen and oxygen atoms in total. The zero-order valence-electron chi connectivity index (χ0n) is 8.89. The molecule has 2 aliphatic rings. The van der Waals surface area contributed by atoms with Gasteiger partial charge in [0.1, 0.15) is 0 Å². The topological polar surface area (TPSA) is 20.3 Å². The number of carbonyl (C=O) groups is 1. The quantitative estimate of drug-likeness (QED) is 0.561. The summed E-state index contributed by atoms with van der Waals surface area (Å²) in [6.07, 6.45) is 5.05. The van der Waals surface area contributed by atoms with Gasteiger partial charge < -0.3 is 4.90 Å². The van der Waals surface area contributed by atoms with E-state index in [0.29, 0.717) is 11.4 Å². The lowest BCUT2D eigenvalue weighted by atomic mass is 9.67. The van der Waals surface area contributed by atoms with Crippen molar-refractivity contribution in [2.75, 3.05) is 6.54 Å². The Balaban J connectivity index is 2.06. The number of rotatable bonds is 0. The molecule has 1 amide bonds. The molecule has 0 aromatic heterocycles. The van der Waals surface area contributed by atoms with E-state index in [0.717, 1.165) is 6.54 Å². The first-order chi connectivity index (χ1) is 5.96. The number of amides is 1. The minimum Gasteiger partial charge on any atom is -0.336 e. The maximum absolute atomic E-state index is 12.0. The highest BCUT2D eigenvalue weighted by Gasteiger charge is 2.52. The van der Waals surface area contributed by atoms with Crippen molar-refractivity contribution < 1.29 is 4.79 Å². The Morgan fingerprint density at radius 3 is 2.08 bits per heavy atom. The summed E-state index contributed by atoms with van der Waals surface area (Å²) in [6.45, 7) is 7.04. The Morgan fingerprint density at radius 2 is 1.85 bits per heavy atom. The number of hydrogen-bond donors (Lipinski definition) is 0. The zero-order chi connectivity index (χ0) is 9.69. The molecule has 1 heterocycles. The standard InChI is InChI=1S/C11H19NO/c1-10(2,3)9(13)12-8-7-11(12)5-4-6-11/h4-8H2,1-3H3. The van der Waals surface area contributed by atoms with Crippen molar-refractivity contribution in [1.82, 2.24) is 4.90 Å². The van der Waals surface area contributed by atoms with Gasteiger partial charge in [-0.3, -0.25) is 4.79 Å². The van der Waals surface area contributed by atoms with Gasteiger partial charge in [-0.05, 0) is 25.7 Å². The van der Waals surface area contributed by atoms with Gasteiger partial charge in [-0.1, -0.05) is 20.8 Å². The Bertz CT molecular complexity index is 229. The van der Waals surface area contributed by atoms with E-state index >= 15 is 0 Å². The maximum atomic E-state index is 12.0. The van der Waals surface area contributed by atoms with Crippen LogP contribution < -0.4 is 0 Å². The minimum atomic E-state index is -0.191. The fraction of sp³-hybridized carbons (Fsp3) is 0.909. The van der Waals surface area contributed by atoms with Gasteiger partial charge >= 0.3 is 0 Å². The molecule has 13 heavy (non-hydrogen) atoms. The van der Waals surface area contributed by atoms with Gasteiger partial charge in [-0.25, -0.2) is 0 Å². The van der Waals surface area contributed by atoms with Crippen LogP contribution in [0, 0.1) is 5.41 Å². The maximum Gasteiger partial charge on any atom is 0.228 e. The molecule has 1 spiro atoms. The van der Waals surface area contributed by atoms with E-state index < -0.39 is 0 Å².